The molecule has 0 saturated heterocycles. The van der Waals surface area contributed by atoms with Gasteiger partial charge in [0, 0.05) is 46.3 Å². The van der Waals surface area contributed by atoms with Crippen molar-refractivity contribution in [2.24, 2.45) is 10.2 Å². The van der Waals surface area contributed by atoms with Gasteiger partial charge in [-0.3, -0.25) is 0 Å². The Hall–Kier alpha value is -6.34. The van der Waals surface area contributed by atoms with Crippen LogP contribution in [-0.4, -0.2) is 41.9 Å². The molecule has 0 saturated carbocycles. The van der Waals surface area contributed by atoms with Gasteiger partial charge in [0.1, 0.15) is 11.0 Å². The summed E-state index contributed by atoms with van der Waals surface area (Å²) in [5.41, 5.74) is 12.5. The highest BCUT2D eigenvalue weighted by Crippen LogP contribution is 2.39. The van der Waals surface area contributed by atoms with Gasteiger partial charge >= 0.3 is 30.8 Å². The molecule has 2 N–H and O–H groups in total. The maximum atomic E-state index is 13.0. The van der Waals surface area contributed by atoms with Gasteiger partial charge in [-0.05, 0) is 110 Å². The van der Waals surface area contributed by atoms with Gasteiger partial charge in [-0.1, -0.05) is 83.1 Å². The number of hydrogen-bond donors (Lipinski definition) is 2. The molecule has 67 heavy (non-hydrogen) atoms. The molecule has 1 amide bonds. The van der Waals surface area contributed by atoms with Crippen LogP contribution in [0.1, 0.15) is 59.7 Å². The van der Waals surface area contributed by atoms with Crippen molar-refractivity contribution in [3.05, 3.63) is 157 Å². The van der Waals surface area contributed by atoms with Crippen LogP contribution < -0.4 is 10.6 Å². The Morgan fingerprint density at radius 2 is 1.03 bits per heavy atom. The lowest BCUT2D eigenvalue weighted by atomic mass is 10.0. The molecule has 25 heteroatoms. The minimum Gasteiger partial charge on any atom is -0.444 e. The van der Waals surface area contributed by atoms with E-state index in [4.69, 9.17) is 33.3 Å². The van der Waals surface area contributed by atoms with Crippen LogP contribution in [0.4, 0.5) is 57.5 Å². The van der Waals surface area contributed by atoms with Crippen molar-refractivity contribution in [3.8, 4) is 5.40 Å². The van der Waals surface area contributed by atoms with Crippen LogP contribution in [0.2, 0.25) is 0 Å². The molecule has 0 heterocycles. The average molecular weight is 994 g/mol. The largest absolute Gasteiger partial charge is 0.444 e. The Morgan fingerprint density at radius 1 is 0.657 bits per heavy atom. The molecule has 0 fully saturated rings. The summed E-state index contributed by atoms with van der Waals surface area (Å²) in [6.45, 7) is 5.58. The molecule has 4 aromatic rings. The van der Waals surface area contributed by atoms with Crippen LogP contribution >= 0.6 is 24.0 Å². The number of ether oxygens (including phenoxy) is 1. The van der Waals surface area contributed by atoms with E-state index in [0.717, 1.165) is 11.1 Å². The summed E-state index contributed by atoms with van der Waals surface area (Å²) in [7, 11) is 0. The Balaban J connectivity index is 0.000000363. The molecule has 0 unspecified atom stereocenters. The molecule has 0 radical (unpaired) electrons. The summed E-state index contributed by atoms with van der Waals surface area (Å²) in [4.78, 5) is 16.8. The first-order valence-electron chi connectivity index (χ1n) is 19.1. The minimum atomic E-state index is -4.93. The van der Waals surface area contributed by atoms with Crippen molar-refractivity contribution in [3.63, 3.8) is 0 Å². The van der Waals surface area contributed by atoms with E-state index in [9.17, 15) is 57.5 Å². The lowest BCUT2D eigenvalue weighted by Gasteiger charge is -2.23. The fourth-order valence-electron chi connectivity index (χ4n) is 5.49. The third kappa shape index (κ3) is 22.6. The second-order valence-corrected chi connectivity index (χ2v) is 16.2. The standard InChI is InChI=1S/C19H16F6N4S.C14H20N4O2.C9H3F6NS/c20-18(21,22)14-6-13(7-15(10-14)19(23,24)25)9-17(30)28-16(11-27-29-26)8-12-4-2-1-3-5-12;1-14(2,3)20-13(19)17-12(10-16-18-15)9-11-7-5-4-6-8-11;10-8(11,12)5-1-6(9(13,14)15)3-7(2-5)17-4-16/h1-7,10,16H,8-9,11H2,(H,28,30);4-8,12H,9-10H2,1-3H3,(H,17,19);1-3H/t16-;12-;/m00./s1. The molecular weight excluding hydrogens is 955 g/mol. The first-order valence-corrected chi connectivity index (χ1v) is 20.3. The SMILES string of the molecule is CC(C)(C)OC(=O)N[C@H](CN=[N+]=[N-])Cc1ccccc1.N#CSc1cc(C(F)(F)F)cc(C(F)(F)F)c1.[N-]=[N+]=NC[C@H](Cc1ccccc1)NC(=S)Cc1cc(C(F)(F)F)cc(C(F)(F)F)c1. The average Bonchev–Trinajstić information content (AvgIpc) is 3.21. The van der Waals surface area contributed by atoms with E-state index >= 15 is 0 Å². The number of nitrogens with zero attached hydrogens (tertiary/aromatic N) is 7. The number of carbonyl (C=O) groups is 1. The molecule has 0 aromatic heterocycles. The third-order valence-electron chi connectivity index (χ3n) is 8.20. The van der Waals surface area contributed by atoms with E-state index in [2.05, 4.69) is 30.7 Å². The third-order valence-corrected chi connectivity index (χ3v) is 9.03. The molecule has 2 atom stereocenters. The van der Waals surface area contributed by atoms with E-state index in [1.807, 2.05) is 48.5 Å². The number of amides is 1. The number of alkyl halides is 12. The van der Waals surface area contributed by atoms with Gasteiger partial charge in [0.05, 0.1) is 27.2 Å². The van der Waals surface area contributed by atoms with Gasteiger partial charge in [0.15, 0.2) is 0 Å². The zero-order chi connectivity index (χ0) is 50.6. The zero-order valence-corrected chi connectivity index (χ0v) is 36.9. The van der Waals surface area contributed by atoms with Crippen LogP contribution in [0, 0.1) is 10.7 Å². The maximum absolute atomic E-state index is 13.0. The van der Waals surface area contributed by atoms with Gasteiger partial charge < -0.3 is 15.4 Å². The van der Waals surface area contributed by atoms with Crippen molar-refractivity contribution in [1.29, 1.82) is 5.26 Å². The second-order valence-electron chi connectivity index (χ2n) is 14.8. The molecule has 0 spiro atoms. The van der Waals surface area contributed by atoms with Gasteiger partial charge in [0.2, 0.25) is 0 Å². The number of azide groups is 2. The van der Waals surface area contributed by atoms with Crippen molar-refractivity contribution in [2.45, 2.75) is 87.3 Å². The smallest absolute Gasteiger partial charge is 0.416 e. The Morgan fingerprint density at radius 3 is 1.37 bits per heavy atom. The monoisotopic (exact) mass is 993 g/mol. The number of thiocarbonyl (C=S) groups is 1. The van der Waals surface area contributed by atoms with Crippen molar-refractivity contribution < 1.29 is 62.2 Å². The van der Waals surface area contributed by atoms with Gasteiger partial charge in [0.25, 0.3) is 0 Å². The zero-order valence-electron chi connectivity index (χ0n) is 35.2. The molecule has 11 nitrogen and oxygen atoms in total. The minimum absolute atomic E-state index is 0.00191. The van der Waals surface area contributed by atoms with Crippen molar-refractivity contribution >= 4 is 35.1 Å². The maximum Gasteiger partial charge on any atom is 0.416 e. The quantitative estimate of drug-likeness (QED) is 0.0257. The molecule has 360 valence electrons. The summed E-state index contributed by atoms with van der Waals surface area (Å²) < 4.78 is 157. The summed E-state index contributed by atoms with van der Waals surface area (Å²) in [5, 5.41) is 22.3. The fraction of sp³-hybridized carbons (Fsp3) is 0.357. The van der Waals surface area contributed by atoms with Crippen LogP contribution in [-0.2, 0) is 48.7 Å². The summed E-state index contributed by atoms with van der Waals surface area (Å²) in [6.07, 6.45) is -19.5. The number of alkyl carbamates (subject to hydrolysis) is 1. The molecule has 0 aliphatic heterocycles. The first-order chi connectivity index (χ1) is 31.0. The number of thiocyanates is 1. The van der Waals surface area contributed by atoms with E-state index in [-0.39, 0.29) is 60.0 Å². The lowest BCUT2D eigenvalue weighted by molar-refractivity contribution is -0.144. The normalized spacial score (nSPS) is 12.4. The van der Waals surface area contributed by atoms with E-state index < -0.39 is 69.6 Å². The van der Waals surface area contributed by atoms with Gasteiger partial charge in [-0.25, -0.2) is 4.79 Å². The van der Waals surface area contributed by atoms with Crippen molar-refractivity contribution in [1.82, 2.24) is 10.6 Å². The number of benzene rings is 4. The van der Waals surface area contributed by atoms with Crippen LogP contribution in [0.5, 0.6) is 0 Å². The highest BCUT2D eigenvalue weighted by atomic mass is 32.2. The van der Waals surface area contributed by atoms with E-state index in [1.54, 1.807) is 32.9 Å². The number of halogens is 12. The molecule has 4 aromatic carbocycles. The van der Waals surface area contributed by atoms with Crippen LogP contribution in [0.25, 0.3) is 20.9 Å². The Kier molecular flexibility index (Phi) is 21.6. The first kappa shape index (κ1) is 56.8. The second kappa shape index (κ2) is 25.5. The lowest BCUT2D eigenvalue weighted by Crippen LogP contribution is -2.41. The van der Waals surface area contributed by atoms with Crippen molar-refractivity contribution in [2.75, 3.05) is 13.1 Å². The van der Waals surface area contributed by atoms with E-state index in [1.165, 1.54) is 5.40 Å². The number of thioether (sulfide) groups is 1. The summed E-state index contributed by atoms with van der Waals surface area (Å²) in [5.74, 6) is 0. The number of rotatable bonds is 13. The molecule has 0 bridgehead atoms. The highest BCUT2D eigenvalue weighted by molar-refractivity contribution is 8.03. The predicted octanol–water partition coefficient (Wildman–Crippen LogP) is 13.8. The summed E-state index contributed by atoms with van der Waals surface area (Å²) in [6, 6.07) is 20.4. The number of hydrogen-bond acceptors (Lipinski definition) is 7. The molecule has 0 aliphatic carbocycles. The number of carbonyl (C=O) groups excluding carboxylic acids is 1. The topological polar surface area (TPSA) is 172 Å². The molecular formula is C42H39F12N9O2S2. The number of nitriles is 1. The van der Waals surface area contributed by atoms with Crippen LogP contribution in [0.15, 0.2) is 112 Å². The fourth-order valence-corrected chi connectivity index (χ4v) is 6.30. The van der Waals surface area contributed by atoms with E-state index in [0.29, 0.717) is 37.1 Å². The number of nitrogens with one attached hydrogen (secondary N) is 2. The Labute approximate surface area is 385 Å². The van der Waals surface area contributed by atoms with Gasteiger partial charge in [-0.2, -0.15) is 57.9 Å². The highest BCUT2D eigenvalue weighted by Gasteiger charge is 2.38. The molecule has 0 aliphatic rings. The molecule has 4 rings (SSSR count). The van der Waals surface area contributed by atoms with Gasteiger partial charge in [-0.15, -0.1) is 0 Å². The predicted molar refractivity (Wildman–Crippen MR) is 229 cm³/mol. The van der Waals surface area contributed by atoms with Crippen LogP contribution in [0.3, 0.4) is 0 Å². The Bertz CT molecular complexity index is 2310. The summed E-state index contributed by atoms with van der Waals surface area (Å²) >= 11 is 5.39.